The van der Waals surface area contributed by atoms with Crippen molar-refractivity contribution in [2.45, 2.75) is 25.8 Å². The van der Waals surface area contributed by atoms with Crippen molar-refractivity contribution in [1.82, 2.24) is 4.90 Å². The highest BCUT2D eigenvalue weighted by molar-refractivity contribution is 5.77. The molecule has 0 N–H and O–H groups in total. The summed E-state index contributed by atoms with van der Waals surface area (Å²) in [4.78, 5) is 14.3. The van der Waals surface area contributed by atoms with Crippen molar-refractivity contribution in [3.8, 4) is 11.5 Å². The molecule has 128 valence electrons. The molecule has 2 aromatic rings. The van der Waals surface area contributed by atoms with E-state index >= 15 is 0 Å². The third-order valence-corrected chi connectivity index (χ3v) is 4.18. The zero-order chi connectivity index (χ0) is 17.5. The number of amides is 1. The lowest BCUT2D eigenvalue weighted by molar-refractivity contribution is -0.130. The van der Waals surface area contributed by atoms with Crippen LogP contribution in [0.2, 0.25) is 0 Å². The maximum Gasteiger partial charge on any atom is 0.223 e. The van der Waals surface area contributed by atoms with Crippen LogP contribution in [-0.2, 0) is 11.3 Å². The fourth-order valence-electron chi connectivity index (χ4n) is 2.64. The molecular weight excluding hydrogens is 302 g/mol. The highest BCUT2D eigenvalue weighted by Crippen LogP contribution is 2.26. The van der Waals surface area contributed by atoms with E-state index in [1.165, 1.54) is 5.56 Å². The Morgan fingerprint density at radius 1 is 1.08 bits per heavy atom. The molecule has 0 aliphatic rings. The predicted octanol–water partition coefficient (Wildman–Crippen LogP) is 3.86. The molecule has 2 rings (SSSR count). The first-order valence-corrected chi connectivity index (χ1v) is 8.05. The van der Waals surface area contributed by atoms with Gasteiger partial charge in [-0.1, -0.05) is 37.3 Å². The molecule has 0 saturated carbocycles. The Labute approximate surface area is 144 Å². The van der Waals surface area contributed by atoms with Crippen LogP contribution in [0.1, 0.15) is 30.4 Å². The van der Waals surface area contributed by atoms with E-state index in [1.54, 1.807) is 19.1 Å². The van der Waals surface area contributed by atoms with Gasteiger partial charge in [0.25, 0.3) is 0 Å². The van der Waals surface area contributed by atoms with Gasteiger partial charge in [0.2, 0.25) is 5.91 Å². The summed E-state index contributed by atoms with van der Waals surface area (Å²) in [6.07, 6.45) is 0.485. The van der Waals surface area contributed by atoms with E-state index < -0.39 is 0 Å². The third kappa shape index (κ3) is 4.51. The maximum absolute atomic E-state index is 12.5. The summed E-state index contributed by atoms with van der Waals surface area (Å²) in [7, 11) is 5.07. The smallest absolute Gasteiger partial charge is 0.223 e. The first kappa shape index (κ1) is 17.9. The average Bonchev–Trinajstić information content (AvgIpc) is 2.62. The van der Waals surface area contributed by atoms with Gasteiger partial charge >= 0.3 is 0 Å². The molecule has 0 aromatic heterocycles. The summed E-state index contributed by atoms with van der Waals surface area (Å²) < 4.78 is 10.6. The molecule has 4 heteroatoms. The molecule has 0 radical (unpaired) electrons. The molecule has 0 saturated heterocycles. The van der Waals surface area contributed by atoms with Crippen LogP contribution in [0.25, 0.3) is 0 Å². The second-order valence-corrected chi connectivity index (χ2v) is 5.94. The number of nitrogens with zero attached hydrogens (tertiary/aromatic N) is 1. The van der Waals surface area contributed by atoms with Crippen molar-refractivity contribution in [3.05, 3.63) is 59.7 Å². The zero-order valence-corrected chi connectivity index (χ0v) is 14.8. The van der Waals surface area contributed by atoms with Gasteiger partial charge in [0.1, 0.15) is 11.5 Å². The van der Waals surface area contributed by atoms with Gasteiger partial charge in [-0.15, -0.1) is 0 Å². The molecule has 2 aromatic carbocycles. The van der Waals surface area contributed by atoms with Crippen LogP contribution in [0.4, 0.5) is 0 Å². The van der Waals surface area contributed by atoms with Gasteiger partial charge in [0, 0.05) is 31.6 Å². The van der Waals surface area contributed by atoms with Crippen molar-refractivity contribution in [2.24, 2.45) is 0 Å². The van der Waals surface area contributed by atoms with E-state index in [0.717, 1.165) is 17.1 Å². The van der Waals surface area contributed by atoms with E-state index in [1.807, 2.05) is 43.4 Å². The summed E-state index contributed by atoms with van der Waals surface area (Å²) in [6, 6.07) is 15.8. The van der Waals surface area contributed by atoms with Crippen molar-refractivity contribution >= 4 is 5.91 Å². The molecule has 0 aliphatic carbocycles. The normalized spacial score (nSPS) is 11.7. The van der Waals surface area contributed by atoms with Crippen molar-refractivity contribution in [2.75, 3.05) is 21.3 Å². The molecule has 1 unspecified atom stereocenters. The Morgan fingerprint density at radius 2 is 1.79 bits per heavy atom. The molecule has 0 heterocycles. The Balaban J connectivity index is 2.01. The van der Waals surface area contributed by atoms with E-state index in [0.29, 0.717) is 13.0 Å². The Hall–Kier alpha value is -2.49. The topological polar surface area (TPSA) is 38.8 Å². The monoisotopic (exact) mass is 327 g/mol. The number of carbonyl (C=O) groups excluding carboxylic acids is 1. The minimum Gasteiger partial charge on any atom is -0.497 e. The lowest BCUT2D eigenvalue weighted by Gasteiger charge is -2.21. The summed E-state index contributed by atoms with van der Waals surface area (Å²) in [5, 5.41) is 0. The first-order chi connectivity index (χ1) is 11.5. The second-order valence-electron chi connectivity index (χ2n) is 5.94. The van der Waals surface area contributed by atoms with Crippen LogP contribution in [0, 0.1) is 0 Å². The third-order valence-electron chi connectivity index (χ3n) is 4.18. The lowest BCUT2D eigenvalue weighted by atomic mass is 9.97. The largest absolute Gasteiger partial charge is 0.497 e. The summed E-state index contributed by atoms with van der Waals surface area (Å²) >= 11 is 0. The number of benzene rings is 2. The molecule has 24 heavy (non-hydrogen) atoms. The minimum atomic E-state index is 0.115. The van der Waals surface area contributed by atoms with E-state index in [4.69, 9.17) is 9.47 Å². The number of carbonyl (C=O) groups is 1. The Kier molecular flexibility index (Phi) is 6.24. The van der Waals surface area contributed by atoms with Crippen LogP contribution in [0.5, 0.6) is 11.5 Å². The van der Waals surface area contributed by atoms with Gasteiger partial charge in [-0.05, 0) is 23.6 Å². The number of hydrogen-bond donors (Lipinski definition) is 0. The molecule has 0 bridgehead atoms. The summed E-state index contributed by atoms with van der Waals surface area (Å²) in [5.41, 5.74) is 2.14. The zero-order valence-electron chi connectivity index (χ0n) is 14.8. The number of rotatable bonds is 7. The number of hydrogen-bond acceptors (Lipinski definition) is 3. The van der Waals surface area contributed by atoms with Gasteiger partial charge in [-0.25, -0.2) is 0 Å². The second kappa shape index (κ2) is 8.39. The van der Waals surface area contributed by atoms with Gasteiger partial charge < -0.3 is 14.4 Å². The number of ether oxygens (including phenoxy) is 2. The van der Waals surface area contributed by atoms with Crippen LogP contribution in [0.3, 0.4) is 0 Å². The minimum absolute atomic E-state index is 0.115. The predicted molar refractivity (Wildman–Crippen MR) is 95.5 cm³/mol. The standard InChI is InChI=1S/C20H25NO3/c1-15(16-8-6-5-7-9-16)12-20(22)21(2)14-17-10-11-18(23-3)13-19(17)24-4/h5-11,13,15H,12,14H2,1-4H3. The molecule has 1 atom stereocenters. The van der Waals surface area contributed by atoms with Crippen molar-refractivity contribution < 1.29 is 14.3 Å². The first-order valence-electron chi connectivity index (χ1n) is 8.05. The maximum atomic E-state index is 12.5. The van der Waals surface area contributed by atoms with E-state index in [-0.39, 0.29) is 11.8 Å². The van der Waals surface area contributed by atoms with E-state index in [9.17, 15) is 4.79 Å². The quantitative estimate of drug-likeness (QED) is 0.775. The molecule has 4 nitrogen and oxygen atoms in total. The van der Waals surface area contributed by atoms with Crippen LogP contribution < -0.4 is 9.47 Å². The highest BCUT2D eigenvalue weighted by Gasteiger charge is 2.16. The van der Waals surface area contributed by atoms with Crippen LogP contribution in [-0.4, -0.2) is 32.1 Å². The lowest BCUT2D eigenvalue weighted by Crippen LogP contribution is -2.27. The van der Waals surface area contributed by atoms with Crippen LogP contribution in [0.15, 0.2) is 48.5 Å². The fraction of sp³-hybridized carbons (Fsp3) is 0.350. The molecule has 0 spiro atoms. The average molecular weight is 327 g/mol. The summed E-state index contributed by atoms with van der Waals surface area (Å²) in [6.45, 7) is 2.59. The molecule has 0 aliphatic heterocycles. The van der Waals surface area contributed by atoms with Gasteiger partial charge in [-0.2, -0.15) is 0 Å². The van der Waals surface area contributed by atoms with Crippen molar-refractivity contribution in [1.29, 1.82) is 0 Å². The molecular formula is C20H25NO3. The number of methoxy groups -OCH3 is 2. The SMILES string of the molecule is COc1ccc(CN(C)C(=O)CC(C)c2ccccc2)c(OC)c1. The Morgan fingerprint density at radius 3 is 2.42 bits per heavy atom. The molecule has 1 amide bonds. The van der Waals surface area contributed by atoms with E-state index in [2.05, 4.69) is 19.1 Å². The van der Waals surface area contributed by atoms with Gasteiger partial charge in [0.05, 0.1) is 14.2 Å². The Bertz CT molecular complexity index is 670. The van der Waals surface area contributed by atoms with Crippen LogP contribution >= 0.6 is 0 Å². The van der Waals surface area contributed by atoms with Gasteiger partial charge in [0.15, 0.2) is 0 Å². The van der Waals surface area contributed by atoms with Crippen molar-refractivity contribution in [3.63, 3.8) is 0 Å². The summed E-state index contributed by atoms with van der Waals surface area (Å²) in [5.74, 6) is 1.77. The molecule has 0 fully saturated rings. The van der Waals surface area contributed by atoms with Gasteiger partial charge in [-0.3, -0.25) is 4.79 Å². The highest BCUT2D eigenvalue weighted by atomic mass is 16.5. The fourth-order valence-corrected chi connectivity index (χ4v) is 2.64.